The molecule has 6 nitrogen and oxygen atoms in total. The van der Waals surface area contributed by atoms with Gasteiger partial charge in [-0.15, -0.1) is 0 Å². The maximum absolute atomic E-state index is 13.2. The molecule has 1 atom stereocenters. The van der Waals surface area contributed by atoms with Crippen molar-refractivity contribution in [1.82, 2.24) is 13.9 Å². The smallest absolute Gasteiger partial charge is 0.275 e. The first-order valence-electron chi connectivity index (χ1n) is 10.7. The highest BCUT2D eigenvalue weighted by Crippen LogP contribution is 2.22. The minimum Gasteiger partial charge on any atom is -0.365 e. The normalized spacial score (nSPS) is 16.9. The third kappa shape index (κ3) is 3.38. The second-order valence-electron chi connectivity index (χ2n) is 8.36. The van der Waals surface area contributed by atoms with E-state index in [2.05, 4.69) is 43.0 Å². The van der Waals surface area contributed by atoms with Crippen molar-refractivity contribution in [3.63, 3.8) is 0 Å². The fraction of sp³-hybridized carbons (Fsp3) is 0.280. The van der Waals surface area contributed by atoms with Crippen LogP contribution in [0.25, 0.3) is 16.6 Å². The molecule has 1 saturated heterocycles. The summed E-state index contributed by atoms with van der Waals surface area (Å²) in [5.41, 5.74) is 4.58. The van der Waals surface area contributed by atoms with Gasteiger partial charge in [0.1, 0.15) is 12.1 Å². The number of carbonyl (C=O) groups excluding carboxylic acids is 1. The molecule has 0 spiro atoms. The molecule has 0 bridgehead atoms. The molecule has 4 aromatic rings. The van der Waals surface area contributed by atoms with Crippen LogP contribution < -0.4 is 10.5 Å². The maximum Gasteiger partial charge on any atom is 0.275 e. The first kappa shape index (κ1) is 19.4. The number of benzene rings is 2. The van der Waals surface area contributed by atoms with E-state index >= 15 is 0 Å². The van der Waals surface area contributed by atoms with Crippen LogP contribution in [0.4, 0.5) is 5.69 Å². The number of aromatic nitrogens is 2. The Kier molecular flexibility index (Phi) is 4.77. The average molecular weight is 415 g/mol. The quantitative estimate of drug-likeness (QED) is 0.517. The van der Waals surface area contributed by atoms with E-state index in [1.807, 2.05) is 45.8 Å². The summed E-state index contributed by atoms with van der Waals surface area (Å²) in [6, 6.07) is 20.1. The molecule has 1 aliphatic heterocycles. The second kappa shape index (κ2) is 7.61. The summed E-state index contributed by atoms with van der Waals surface area (Å²) in [4.78, 5) is 30.6. The van der Waals surface area contributed by atoms with Crippen molar-refractivity contribution in [3.8, 4) is 0 Å². The van der Waals surface area contributed by atoms with Crippen molar-refractivity contribution in [3.05, 3.63) is 82.8 Å². The van der Waals surface area contributed by atoms with Crippen molar-refractivity contribution >= 4 is 28.1 Å². The largest absolute Gasteiger partial charge is 0.365 e. The number of aryl methyl sites for hydroxylation is 1. The second-order valence-corrected chi connectivity index (χ2v) is 8.36. The number of para-hydroxylation sites is 2. The Morgan fingerprint density at radius 3 is 2.52 bits per heavy atom. The molecular formula is C25H26N4O2. The fourth-order valence-electron chi connectivity index (χ4n) is 4.68. The molecule has 1 unspecified atom stereocenters. The summed E-state index contributed by atoms with van der Waals surface area (Å²) in [6.45, 7) is 6.37. The van der Waals surface area contributed by atoms with E-state index in [0.29, 0.717) is 18.6 Å². The van der Waals surface area contributed by atoms with Gasteiger partial charge < -0.3 is 14.2 Å². The SMILES string of the molecule is Cc1cccc(N2CCN(C(=O)Cn3c(=O)c4cccn4c4ccccc43)CC2C)c1. The van der Waals surface area contributed by atoms with E-state index in [0.717, 1.165) is 17.6 Å². The van der Waals surface area contributed by atoms with E-state index in [4.69, 9.17) is 0 Å². The Morgan fingerprint density at radius 2 is 1.74 bits per heavy atom. The summed E-state index contributed by atoms with van der Waals surface area (Å²) < 4.78 is 3.51. The predicted octanol–water partition coefficient (Wildman–Crippen LogP) is 3.30. The topological polar surface area (TPSA) is 50.0 Å². The molecule has 0 aliphatic carbocycles. The Bertz CT molecular complexity index is 1340. The number of carbonyl (C=O) groups is 1. The summed E-state index contributed by atoms with van der Waals surface area (Å²) in [6.07, 6.45) is 1.89. The minimum absolute atomic E-state index is 0.0149. The fourth-order valence-corrected chi connectivity index (χ4v) is 4.68. The molecule has 2 aromatic carbocycles. The van der Waals surface area contributed by atoms with Crippen LogP contribution in [0.15, 0.2) is 71.7 Å². The number of fused-ring (bicyclic) bond motifs is 3. The van der Waals surface area contributed by atoms with Crippen LogP contribution >= 0.6 is 0 Å². The van der Waals surface area contributed by atoms with Gasteiger partial charge in [-0.05, 0) is 55.8 Å². The van der Waals surface area contributed by atoms with Gasteiger partial charge in [0.2, 0.25) is 5.91 Å². The van der Waals surface area contributed by atoms with Gasteiger partial charge in [-0.25, -0.2) is 0 Å². The molecule has 1 fully saturated rings. The van der Waals surface area contributed by atoms with Crippen molar-refractivity contribution in [2.75, 3.05) is 24.5 Å². The minimum atomic E-state index is -0.136. The monoisotopic (exact) mass is 414 g/mol. The first-order valence-corrected chi connectivity index (χ1v) is 10.7. The Morgan fingerprint density at radius 1 is 0.968 bits per heavy atom. The van der Waals surface area contributed by atoms with Crippen molar-refractivity contribution in [2.45, 2.75) is 26.4 Å². The van der Waals surface area contributed by atoms with Crippen LogP contribution in [0, 0.1) is 6.92 Å². The summed E-state index contributed by atoms with van der Waals surface area (Å²) in [5.74, 6) is -0.0149. The average Bonchev–Trinajstić information content (AvgIpc) is 3.27. The van der Waals surface area contributed by atoms with Crippen LogP contribution in [0.3, 0.4) is 0 Å². The third-order valence-electron chi connectivity index (χ3n) is 6.25. The van der Waals surface area contributed by atoms with E-state index < -0.39 is 0 Å². The number of hydrogen-bond donors (Lipinski definition) is 0. The number of amides is 1. The Hall–Kier alpha value is -3.54. The number of nitrogens with zero attached hydrogens (tertiary/aromatic N) is 4. The van der Waals surface area contributed by atoms with Gasteiger partial charge in [0, 0.05) is 37.6 Å². The molecule has 1 amide bonds. The zero-order valence-corrected chi connectivity index (χ0v) is 17.9. The lowest BCUT2D eigenvalue weighted by Crippen LogP contribution is -2.54. The van der Waals surface area contributed by atoms with E-state index in [-0.39, 0.29) is 24.1 Å². The number of piperazine rings is 1. The molecule has 158 valence electrons. The maximum atomic E-state index is 13.2. The lowest BCUT2D eigenvalue weighted by atomic mass is 10.1. The molecule has 2 aromatic heterocycles. The van der Waals surface area contributed by atoms with Gasteiger partial charge >= 0.3 is 0 Å². The zero-order valence-electron chi connectivity index (χ0n) is 17.9. The highest BCUT2D eigenvalue weighted by molar-refractivity contribution is 5.83. The van der Waals surface area contributed by atoms with Crippen LogP contribution in [0.5, 0.6) is 0 Å². The van der Waals surface area contributed by atoms with Crippen LogP contribution in [0.2, 0.25) is 0 Å². The lowest BCUT2D eigenvalue weighted by Gasteiger charge is -2.41. The molecule has 0 N–H and O–H groups in total. The van der Waals surface area contributed by atoms with Gasteiger partial charge in [0.05, 0.1) is 11.0 Å². The highest BCUT2D eigenvalue weighted by Gasteiger charge is 2.27. The van der Waals surface area contributed by atoms with Crippen molar-refractivity contribution in [2.24, 2.45) is 0 Å². The number of rotatable bonds is 3. The zero-order chi connectivity index (χ0) is 21.5. The molecule has 1 aliphatic rings. The van der Waals surface area contributed by atoms with Crippen molar-refractivity contribution in [1.29, 1.82) is 0 Å². The molecule has 5 rings (SSSR count). The molecule has 31 heavy (non-hydrogen) atoms. The Balaban J connectivity index is 1.40. The van der Waals surface area contributed by atoms with Gasteiger partial charge in [0.25, 0.3) is 5.56 Å². The van der Waals surface area contributed by atoms with Gasteiger partial charge in [-0.3, -0.25) is 14.2 Å². The van der Waals surface area contributed by atoms with Gasteiger partial charge in [0.15, 0.2) is 0 Å². The third-order valence-corrected chi connectivity index (χ3v) is 6.25. The van der Waals surface area contributed by atoms with E-state index in [1.54, 1.807) is 10.6 Å². The summed E-state index contributed by atoms with van der Waals surface area (Å²) in [5, 5.41) is 0. The standard InChI is InChI=1S/C25H26N4O2/c1-18-7-5-8-20(15-18)27-14-13-26(16-19(27)2)24(30)17-29-22-10-4-3-9-21(22)28-12-6-11-23(28)25(29)31/h3-12,15,19H,13-14,16-17H2,1-2H3. The lowest BCUT2D eigenvalue weighted by molar-refractivity contribution is -0.132. The van der Waals surface area contributed by atoms with Crippen LogP contribution in [0.1, 0.15) is 12.5 Å². The molecule has 0 radical (unpaired) electrons. The summed E-state index contributed by atoms with van der Waals surface area (Å²) in [7, 11) is 0. The van der Waals surface area contributed by atoms with Crippen LogP contribution in [-0.2, 0) is 11.3 Å². The number of anilines is 1. The highest BCUT2D eigenvalue weighted by atomic mass is 16.2. The van der Waals surface area contributed by atoms with Crippen molar-refractivity contribution < 1.29 is 4.79 Å². The first-order chi connectivity index (χ1) is 15.0. The predicted molar refractivity (Wildman–Crippen MR) is 124 cm³/mol. The molecule has 6 heteroatoms. The molecular weight excluding hydrogens is 388 g/mol. The van der Waals surface area contributed by atoms with Gasteiger partial charge in [-0.1, -0.05) is 24.3 Å². The Labute approximate surface area is 180 Å². The molecule has 3 heterocycles. The summed E-state index contributed by atoms with van der Waals surface area (Å²) >= 11 is 0. The van der Waals surface area contributed by atoms with E-state index in [1.165, 1.54) is 11.3 Å². The van der Waals surface area contributed by atoms with Gasteiger partial charge in [-0.2, -0.15) is 0 Å². The van der Waals surface area contributed by atoms with E-state index in [9.17, 15) is 9.59 Å². The number of hydrogen-bond acceptors (Lipinski definition) is 3. The van der Waals surface area contributed by atoms with Crippen LogP contribution in [-0.4, -0.2) is 45.5 Å². The molecule has 0 saturated carbocycles.